The smallest absolute Gasteiger partial charge is 0.266 e. The fourth-order valence-electron chi connectivity index (χ4n) is 1.81. The van der Waals surface area contributed by atoms with Gasteiger partial charge < -0.3 is 20.1 Å². The number of hydrogen-bond acceptors (Lipinski definition) is 5. The zero-order valence-electron chi connectivity index (χ0n) is 9.20. The maximum Gasteiger partial charge on any atom is 0.266 e. The van der Waals surface area contributed by atoms with Crippen LogP contribution in [0, 0.1) is 3.57 Å². The molecule has 3 N–H and O–H groups in total. The Labute approximate surface area is 112 Å². The van der Waals surface area contributed by atoms with E-state index in [-0.39, 0.29) is 12.2 Å². The van der Waals surface area contributed by atoms with E-state index in [1.807, 2.05) is 22.6 Å². The van der Waals surface area contributed by atoms with E-state index in [0.29, 0.717) is 35.4 Å². The van der Waals surface area contributed by atoms with Crippen molar-refractivity contribution < 1.29 is 9.84 Å². The Morgan fingerprint density at radius 1 is 1.59 bits per heavy atom. The van der Waals surface area contributed by atoms with Gasteiger partial charge in [-0.15, -0.1) is 0 Å². The van der Waals surface area contributed by atoms with Crippen LogP contribution in [-0.4, -0.2) is 40.4 Å². The molecule has 1 aliphatic heterocycles. The molecule has 0 unspecified atom stereocenters. The Morgan fingerprint density at radius 3 is 2.94 bits per heavy atom. The number of aliphatic hydroxyl groups is 1. The van der Waals surface area contributed by atoms with Crippen LogP contribution in [0.1, 0.15) is 12.8 Å². The second-order valence-electron chi connectivity index (χ2n) is 4.07. The summed E-state index contributed by atoms with van der Waals surface area (Å²) in [4.78, 5) is 18.1. The Morgan fingerprint density at radius 2 is 2.29 bits per heavy atom. The average molecular weight is 351 g/mol. The zero-order valence-corrected chi connectivity index (χ0v) is 11.4. The minimum absolute atomic E-state index is 0.000912. The molecule has 0 atom stereocenters. The second-order valence-corrected chi connectivity index (χ2v) is 5.15. The van der Waals surface area contributed by atoms with Crippen molar-refractivity contribution in [3.05, 3.63) is 20.3 Å². The third-order valence-electron chi connectivity index (χ3n) is 2.93. The minimum Gasteiger partial charge on any atom is -0.394 e. The van der Waals surface area contributed by atoms with Crippen LogP contribution in [-0.2, 0) is 4.74 Å². The lowest BCUT2D eigenvalue weighted by molar-refractivity contribution is 0.0378. The quantitative estimate of drug-likeness (QED) is 0.684. The number of anilines is 1. The zero-order chi connectivity index (χ0) is 12.3. The Kier molecular flexibility index (Phi) is 4.00. The maximum absolute atomic E-state index is 11.4. The van der Waals surface area contributed by atoms with E-state index in [4.69, 9.17) is 4.74 Å². The Hall–Kier alpha value is -0.670. The van der Waals surface area contributed by atoms with Crippen molar-refractivity contribution in [3.63, 3.8) is 0 Å². The van der Waals surface area contributed by atoms with E-state index in [1.165, 1.54) is 6.33 Å². The van der Waals surface area contributed by atoms with Crippen LogP contribution < -0.4 is 10.9 Å². The molecule has 1 aromatic rings. The number of aliphatic hydroxyl groups excluding tert-OH is 1. The van der Waals surface area contributed by atoms with Gasteiger partial charge >= 0.3 is 0 Å². The van der Waals surface area contributed by atoms with Gasteiger partial charge in [-0.25, -0.2) is 4.98 Å². The summed E-state index contributed by atoms with van der Waals surface area (Å²) in [6.45, 7) is 1.21. The van der Waals surface area contributed by atoms with E-state index < -0.39 is 5.54 Å². The van der Waals surface area contributed by atoms with E-state index in [1.54, 1.807) is 0 Å². The number of aromatic nitrogens is 2. The van der Waals surface area contributed by atoms with Crippen LogP contribution in [0.15, 0.2) is 11.1 Å². The predicted molar refractivity (Wildman–Crippen MR) is 71.1 cm³/mol. The lowest BCUT2D eigenvalue weighted by atomic mass is 9.91. The molecule has 2 heterocycles. The van der Waals surface area contributed by atoms with Crippen LogP contribution in [0.25, 0.3) is 0 Å². The Balaban J connectivity index is 2.23. The number of rotatable bonds is 3. The van der Waals surface area contributed by atoms with Crippen LogP contribution in [0.2, 0.25) is 0 Å². The van der Waals surface area contributed by atoms with E-state index in [0.717, 1.165) is 0 Å². The molecule has 2 rings (SSSR count). The highest BCUT2D eigenvalue weighted by Gasteiger charge is 2.32. The molecular weight excluding hydrogens is 337 g/mol. The first kappa shape index (κ1) is 12.8. The topological polar surface area (TPSA) is 87.2 Å². The van der Waals surface area contributed by atoms with Crippen molar-refractivity contribution in [2.75, 3.05) is 25.1 Å². The second kappa shape index (κ2) is 5.32. The van der Waals surface area contributed by atoms with Crippen molar-refractivity contribution in [1.82, 2.24) is 9.97 Å². The summed E-state index contributed by atoms with van der Waals surface area (Å²) in [5, 5.41) is 12.7. The molecule has 1 aromatic heterocycles. The first-order chi connectivity index (χ1) is 8.17. The molecule has 0 aromatic carbocycles. The molecule has 0 radical (unpaired) electrons. The van der Waals surface area contributed by atoms with Crippen molar-refractivity contribution in [2.45, 2.75) is 18.4 Å². The minimum atomic E-state index is -0.432. The molecule has 0 saturated carbocycles. The van der Waals surface area contributed by atoms with Gasteiger partial charge in [0.2, 0.25) is 0 Å². The van der Waals surface area contributed by atoms with Gasteiger partial charge in [0.15, 0.2) is 0 Å². The molecule has 7 heteroatoms. The Bertz CT molecular complexity index is 443. The fourth-order valence-corrected chi connectivity index (χ4v) is 2.24. The first-order valence-electron chi connectivity index (χ1n) is 5.37. The van der Waals surface area contributed by atoms with Gasteiger partial charge in [0.25, 0.3) is 5.56 Å². The summed E-state index contributed by atoms with van der Waals surface area (Å²) in [5.41, 5.74) is -0.609. The van der Waals surface area contributed by atoms with Gasteiger partial charge in [0.05, 0.1) is 18.5 Å². The number of H-pyrrole nitrogens is 1. The van der Waals surface area contributed by atoms with E-state index in [2.05, 4.69) is 15.3 Å². The summed E-state index contributed by atoms with van der Waals surface area (Å²) in [6.07, 6.45) is 2.76. The molecule has 0 amide bonds. The number of nitrogens with zero attached hydrogens (tertiary/aromatic N) is 1. The SMILES string of the molecule is O=c1[nH]cnc(NC2(CO)CCOCC2)c1I. The van der Waals surface area contributed by atoms with Crippen LogP contribution in [0.4, 0.5) is 5.82 Å². The van der Waals surface area contributed by atoms with Crippen LogP contribution in [0.3, 0.4) is 0 Å². The molecular formula is C10H14IN3O3. The number of ether oxygens (including phenoxy) is 1. The van der Waals surface area contributed by atoms with Crippen molar-refractivity contribution in [1.29, 1.82) is 0 Å². The van der Waals surface area contributed by atoms with Crippen LogP contribution in [0.5, 0.6) is 0 Å². The molecule has 0 aliphatic carbocycles. The lowest BCUT2D eigenvalue weighted by Gasteiger charge is -2.36. The molecule has 1 saturated heterocycles. The van der Waals surface area contributed by atoms with Crippen molar-refractivity contribution >= 4 is 28.4 Å². The van der Waals surface area contributed by atoms with Crippen molar-refractivity contribution in [2.24, 2.45) is 0 Å². The van der Waals surface area contributed by atoms with Gasteiger partial charge in [-0.05, 0) is 35.4 Å². The summed E-state index contributed by atoms with van der Waals surface area (Å²) < 4.78 is 5.78. The van der Waals surface area contributed by atoms with Gasteiger partial charge in [-0.3, -0.25) is 4.79 Å². The molecule has 17 heavy (non-hydrogen) atoms. The normalized spacial score (nSPS) is 18.9. The summed E-state index contributed by atoms with van der Waals surface area (Å²) in [5.74, 6) is 0.519. The third-order valence-corrected chi connectivity index (χ3v) is 3.93. The van der Waals surface area contributed by atoms with Gasteiger partial charge in [0.1, 0.15) is 9.39 Å². The van der Waals surface area contributed by atoms with Gasteiger partial charge in [-0.2, -0.15) is 0 Å². The lowest BCUT2D eigenvalue weighted by Crippen LogP contribution is -2.47. The van der Waals surface area contributed by atoms with Gasteiger partial charge in [0, 0.05) is 13.2 Å². The summed E-state index contributed by atoms with van der Waals surface area (Å²) in [7, 11) is 0. The summed E-state index contributed by atoms with van der Waals surface area (Å²) >= 11 is 1.94. The molecule has 0 spiro atoms. The third kappa shape index (κ3) is 2.78. The molecule has 0 bridgehead atoms. The monoisotopic (exact) mass is 351 g/mol. The van der Waals surface area contributed by atoms with E-state index in [9.17, 15) is 9.90 Å². The first-order valence-corrected chi connectivity index (χ1v) is 6.45. The highest BCUT2D eigenvalue weighted by Crippen LogP contribution is 2.25. The highest BCUT2D eigenvalue weighted by molar-refractivity contribution is 14.1. The molecule has 1 fully saturated rings. The molecule has 1 aliphatic rings. The molecule has 6 nitrogen and oxygen atoms in total. The molecule has 94 valence electrons. The maximum atomic E-state index is 11.4. The van der Waals surface area contributed by atoms with Gasteiger partial charge in [-0.1, -0.05) is 0 Å². The number of hydrogen-bond donors (Lipinski definition) is 3. The van der Waals surface area contributed by atoms with Crippen LogP contribution >= 0.6 is 22.6 Å². The number of halogens is 1. The average Bonchev–Trinajstić information content (AvgIpc) is 2.36. The number of nitrogens with one attached hydrogen (secondary N) is 2. The predicted octanol–water partition coefficient (Wildman–Crippen LogP) is 0.328. The van der Waals surface area contributed by atoms with Crippen molar-refractivity contribution in [3.8, 4) is 0 Å². The largest absolute Gasteiger partial charge is 0.394 e. The van der Waals surface area contributed by atoms with E-state index >= 15 is 0 Å². The fraction of sp³-hybridized carbons (Fsp3) is 0.600. The standard InChI is InChI=1S/C10H14IN3O3/c11-7-8(12-6-13-9(7)16)14-10(5-15)1-3-17-4-2-10/h6,15H,1-5H2,(H2,12,13,14,16). The highest BCUT2D eigenvalue weighted by atomic mass is 127. The summed E-state index contributed by atoms with van der Waals surface area (Å²) in [6, 6.07) is 0. The number of aromatic amines is 1.